The average Bonchev–Trinajstić information content (AvgIpc) is 2.59. The fourth-order valence-electron chi connectivity index (χ4n) is 1.08. The van der Waals surface area contributed by atoms with E-state index in [0.717, 1.165) is 12.8 Å². The zero-order valence-corrected chi connectivity index (χ0v) is 6.06. The number of hydrogen-bond donors (Lipinski definition) is 0. The van der Waals surface area contributed by atoms with Gasteiger partial charge in [-0.2, -0.15) is 5.26 Å². The second kappa shape index (κ2) is 2.06. The Balaban J connectivity index is 2.08. The van der Waals surface area contributed by atoms with Crippen molar-refractivity contribution in [2.75, 3.05) is 0 Å². The fourth-order valence-corrected chi connectivity index (χ4v) is 1.08. The van der Waals surface area contributed by atoms with Crippen LogP contribution in [0.15, 0.2) is 12.4 Å². The minimum Gasteiger partial charge on any atom is -0.251 e. The van der Waals surface area contributed by atoms with Crippen molar-refractivity contribution >= 4 is 0 Å². The van der Waals surface area contributed by atoms with Gasteiger partial charge in [0.1, 0.15) is 0 Å². The summed E-state index contributed by atoms with van der Waals surface area (Å²) in [6, 6.07) is 2.30. The zero-order chi connectivity index (χ0) is 7.73. The first-order valence-electron chi connectivity index (χ1n) is 3.60. The Morgan fingerprint density at radius 3 is 2.91 bits per heavy atom. The first kappa shape index (κ1) is 6.35. The van der Waals surface area contributed by atoms with Crippen LogP contribution in [-0.2, 0) is 6.54 Å². The molecule has 1 aliphatic carbocycles. The summed E-state index contributed by atoms with van der Waals surface area (Å²) in [5.41, 5.74) is -0.117. The molecule has 0 bridgehead atoms. The third-order valence-corrected chi connectivity index (χ3v) is 2.03. The fraction of sp³-hybridized carbons (Fsp3) is 0.571. The minimum atomic E-state index is -0.117. The van der Waals surface area contributed by atoms with E-state index in [1.807, 2.05) is 0 Å². The highest BCUT2D eigenvalue weighted by Crippen LogP contribution is 2.45. The molecular formula is C7H8N4. The Labute approximate surface area is 64.4 Å². The van der Waals surface area contributed by atoms with Crippen LogP contribution in [0.3, 0.4) is 0 Å². The predicted octanol–water partition coefficient (Wildman–Crippen LogP) is 0.582. The summed E-state index contributed by atoms with van der Waals surface area (Å²) in [7, 11) is 0. The topological polar surface area (TPSA) is 54.5 Å². The van der Waals surface area contributed by atoms with Crippen molar-refractivity contribution in [2.45, 2.75) is 19.4 Å². The number of aromatic nitrogens is 3. The molecule has 4 heteroatoms. The Morgan fingerprint density at radius 2 is 2.45 bits per heavy atom. The Kier molecular flexibility index (Phi) is 1.19. The lowest BCUT2D eigenvalue weighted by molar-refractivity contribution is 0.474. The summed E-state index contributed by atoms with van der Waals surface area (Å²) in [5.74, 6) is 0. The molecule has 0 spiro atoms. The van der Waals surface area contributed by atoms with Crippen molar-refractivity contribution in [1.29, 1.82) is 5.26 Å². The van der Waals surface area contributed by atoms with Crippen LogP contribution in [-0.4, -0.2) is 15.0 Å². The summed E-state index contributed by atoms with van der Waals surface area (Å²) in [5, 5.41) is 16.2. The first-order valence-corrected chi connectivity index (χ1v) is 3.60. The van der Waals surface area contributed by atoms with Crippen LogP contribution in [0.2, 0.25) is 0 Å². The lowest BCUT2D eigenvalue weighted by atomic mass is 10.1. The van der Waals surface area contributed by atoms with Gasteiger partial charge in [-0.1, -0.05) is 5.21 Å². The zero-order valence-electron chi connectivity index (χ0n) is 6.06. The first-order chi connectivity index (χ1) is 5.35. The van der Waals surface area contributed by atoms with Gasteiger partial charge in [0.25, 0.3) is 0 Å². The highest BCUT2D eigenvalue weighted by molar-refractivity contribution is 5.09. The van der Waals surface area contributed by atoms with Gasteiger partial charge in [0.05, 0.1) is 24.2 Å². The SMILES string of the molecule is N#CC1(Cn2ccnn2)CC1. The van der Waals surface area contributed by atoms with E-state index in [9.17, 15) is 0 Å². The molecular weight excluding hydrogens is 140 g/mol. The number of nitrogens with zero attached hydrogens (tertiary/aromatic N) is 4. The molecule has 2 rings (SSSR count). The Bertz CT molecular complexity index is 278. The molecule has 1 aliphatic rings. The summed E-state index contributed by atoms with van der Waals surface area (Å²) in [6.07, 6.45) is 5.43. The van der Waals surface area contributed by atoms with Crippen molar-refractivity contribution in [3.63, 3.8) is 0 Å². The molecule has 0 saturated heterocycles. The van der Waals surface area contributed by atoms with Crippen LogP contribution in [0.5, 0.6) is 0 Å². The molecule has 11 heavy (non-hydrogen) atoms. The van der Waals surface area contributed by atoms with Crippen molar-refractivity contribution < 1.29 is 0 Å². The number of rotatable bonds is 2. The molecule has 1 aromatic rings. The molecule has 0 aromatic carbocycles. The van der Waals surface area contributed by atoms with E-state index in [1.54, 1.807) is 17.1 Å². The van der Waals surface area contributed by atoms with Crippen LogP contribution in [0.25, 0.3) is 0 Å². The van der Waals surface area contributed by atoms with E-state index in [4.69, 9.17) is 5.26 Å². The largest absolute Gasteiger partial charge is 0.251 e. The third kappa shape index (κ3) is 1.09. The minimum absolute atomic E-state index is 0.117. The molecule has 0 radical (unpaired) electrons. The van der Waals surface area contributed by atoms with Crippen molar-refractivity contribution in [3.05, 3.63) is 12.4 Å². The number of hydrogen-bond acceptors (Lipinski definition) is 3. The van der Waals surface area contributed by atoms with Crippen molar-refractivity contribution in [3.8, 4) is 6.07 Å². The maximum atomic E-state index is 8.74. The van der Waals surface area contributed by atoms with E-state index < -0.39 is 0 Å². The highest BCUT2D eigenvalue weighted by atomic mass is 15.4. The maximum absolute atomic E-state index is 8.74. The molecule has 1 saturated carbocycles. The van der Waals surface area contributed by atoms with Crippen LogP contribution in [0, 0.1) is 16.7 Å². The van der Waals surface area contributed by atoms with Crippen LogP contribution in [0.1, 0.15) is 12.8 Å². The van der Waals surface area contributed by atoms with Gasteiger partial charge in [0.15, 0.2) is 0 Å². The second-order valence-electron chi connectivity index (χ2n) is 2.99. The summed E-state index contributed by atoms with van der Waals surface area (Å²) < 4.78 is 1.72. The summed E-state index contributed by atoms with van der Waals surface area (Å²) in [4.78, 5) is 0. The van der Waals surface area contributed by atoms with Gasteiger partial charge in [-0.15, -0.1) is 5.10 Å². The lowest BCUT2D eigenvalue weighted by Gasteiger charge is -2.02. The molecule has 1 heterocycles. The van der Waals surface area contributed by atoms with Crippen LogP contribution >= 0.6 is 0 Å². The maximum Gasteiger partial charge on any atom is 0.0771 e. The van der Waals surface area contributed by atoms with Gasteiger partial charge in [0, 0.05) is 6.20 Å². The lowest BCUT2D eigenvalue weighted by Crippen LogP contribution is -2.09. The third-order valence-electron chi connectivity index (χ3n) is 2.03. The quantitative estimate of drug-likeness (QED) is 0.616. The molecule has 0 aliphatic heterocycles. The van der Waals surface area contributed by atoms with Gasteiger partial charge < -0.3 is 0 Å². The standard InChI is InChI=1S/C7H8N4/c8-5-7(1-2-7)6-11-4-3-9-10-11/h3-4H,1-2,6H2. The molecule has 0 amide bonds. The molecule has 0 unspecified atom stereocenters. The molecule has 0 N–H and O–H groups in total. The molecule has 4 nitrogen and oxygen atoms in total. The Hall–Kier alpha value is -1.37. The number of nitriles is 1. The van der Waals surface area contributed by atoms with E-state index >= 15 is 0 Å². The summed E-state index contributed by atoms with van der Waals surface area (Å²) in [6.45, 7) is 0.698. The van der Waals surface area contributed by atoms with E-state index in [-0.39, 0.29) is 5.41 Å². The molecule has 1 fully saturated rings. The van der Waals surface area contributed by atoms with E-state index in [1.165, 1.54) is 0 Å². The van der Waals surface area contributed by atoms with Gasteiger partial charge in [-0.25, -0.2) is 0 Å². The van der Waals surface area contributed by atoms with Gasteiger partial charge in [-0.05, 0) is 12.8 Å². The molecule has 1 aromatic heterocycles. The average molecular weight is 148 g/mol. The van der Waals surface area contributed by atoms with Gasteiger partial charge >= 0.3 is 0 Å². The summed E-state index contributed by atoms with van der Waals surface area (Å²) >= 11 is 0. The van der Waals surface area contributed by atoms with E-state index in [0.29, 0.717) is 6.54 Å². The highest BCUT2D eigenvalue weighted by Gasteiger charge is 2.43. The van der Waals surface area contributed by atoms with Crippen molar-refractivity contribution in [2.24, 2.45) is 5.41 Å². The molecule has 0 atom stereocenters. The van der Waals surface area contributed by atoms with Gasteiger partial charge in [0.2, 0.25) is 0 Å². The van der Waals surface area contributed by atoms with Crippen molar-refractivity contribution in [1.82, 2.24) is 15.0 Å². The second-order valence-corrected chi connectivity index (χ2v) is 2.99. The normalized spacial score (nSPS) is 19.2. The Morgan fingerprint density at radius 1 is 1.64 bits per heavy atom. The van der Waals surface area contributed by atoms with Gasteiger partial charge in [-0.3, -0.25) is 4.68 Å². The smallest absolute Gasteiger partial charge is 0.0771 e. The van der Waals surface area contributed by atoms with E-state index in [2.05, 4.69) is 16.4 Å². The monoisotopic (exact) mass is 148 g/mol. The van der Waals surface area contributed by atoms with Crippen LogP contribution < -0.4 is 0 Å². The van der Waals surface area contributed by atoms with Crippen LogP contribution in [0.4, 0.5) is 0 Å². The molecule has 56 valence electrons. The predicted molar refractivity (Wildman–Crippen MR) is 37.3 cm³/mol.